The van der Waals surface area contributed by atoms with Crippen molar-refractivity contribution in [3.63, 3.8) is 0 Å². The first-order valence-corrected chi connectivity index (χ1v) is 8.37. The molecule has 21 heavy (non-hydrogen) atoms. The molecular weight excluding hydrogens is 296 g/mol. The van der Waals surface area contributed by atoms with Crippen LogP contribution in [0.2, 0.25) is 0 Å². The first-order chi connectivity index (χ1) is 9.77. The van der Waals surface area contributed by atoms with Gasteiger partial charge in [-0.25, -0.2) is 8.42 Å². The maximum Gasteiger partial charge on any atom is 0.272 e. The van der Waals surface area contributed by atoms with Gasteiger partial charge in [-0.15, -0.1) is 0 Å². The third-order valence-corrected chi connectivity index (χ3v) is 5.12. The number of nitrogens with zero attached hydrogens (tertiary/aromatic N) is 2. The molecule has 0 aromatic carbocycles. The number of aromatic nitrogens is 2. The zero-order valence-corrected chi connectivity index (χ0v) is 12.7. The van der Waals surface area contributed by atoms with Gasteiger partial charge in [-0.1, -0.05) is 0 Å². The zero-order valence-electron chi connectivity index (χ0n) is 11.9. The Hall–Kier alpha value is -1.90. The number of sulfone groups is 1. The number of rotatable bonds is 4. The molecule has 0 saturated carbocycles. The summed E-state index contributed by atoms with van der Waals surface area (Å²) in [5.74, 6) is -0.783. The van der Waals surface area contributed by atoms with Gasteiger partial charge in [0.1, 0.15) is 5.69 Å². The average Bonchev–Trinajstić information content (AvgIpc) is 2.90. The largest absolute Gasteiger partial charge is 0.351 e. The van der Waals surface area contributed by atoms with Gasteiger partial charge in [0.05, 0.1) is 18.1 Å². The Morgan fingerprint density at radius 3 is 2.71 bits per heavy atom. The number of carbonyl (C=O) groups is 2. The van der Waals surface area contributed by atoms with Gasteiger partial charge in [-0.3, -0.25) is 14.3 Å². The average molecular weight is 314 g/mol. The van der Waals surface area contributed by atoms with Crippen molar-refractivity contribution in [1.29, 1.82) is 0 Å². The van der Waals surface area contributed by atoms with Crippen LogP contribution in [-0.4, -0.2) is 54.1 Å². The van der Waals surface area contributed by atoms with Crippen LogP contribution in [0.3, 0.4) is 0 Å². The van der Waals surface area contributed by atoms with Gasteiger partial charge in [0.2, 0.25) is 5.91 Å². The molecule has 1 fully saturated rings. The number of amides is 2. The number of hydrogen-bond acceptors (Lipinski definition) is 5. The molecule has 1 aliphatic rings. The van der Waals surface area contributed by atoms with Crippen molar-refractivity contribution in [2.45, 2.75) is 19.4 Å². The Morgan fingerprint density at radius 1 is 1.48 bits per heavy atom. The summed E-state index contributed by atoms with van der Waals surface area (Å²) in [5, 5.41) is 9.06. The van der Waals surface area contributed by atoms with E-state index < -0.39 is 21.7 Å². The predicted molar refractivity (Wildman–Crippen MR) is 75.5 cm³/mol. The standard InChI is InChI=1S/C12H18N4O4S/c1-8-5-10(15-16(8)2)12(18)13-6-11(17)14-9-3-4-21(19,20)7-9/h5,9H,3-4,6-7H2,1-2H3,(H,13,18)(H,14,17). The number of carbonyl (C=O) groups excluding carboxylic acids is 2. The summed E-state index contributed by atoms with van der Waals surface area (Å²) in [6.45, 7) is 1.61. The molecule has 1 aliphatic heterocycles. The van der Waals surface area contributed by atoms with Crippen molar-refractivity contribution >= 4 is 21.7 Å². The fourth-order valence-corrected chi connectivity index (χ4v) is 3.78. The molecule has 8 nitrogen and oxygen atoms in total. The molecule has 2 amide bonds. The summed E-state index contributed by atoms with van der Waals surface area (Å²) in [6.07, 6.45) is 0.418. The molecule has 9 heteroatoms. The second-order valence-corrected chi connectivity index (χ2v) is 7.37. The summed E-state index contributed by atoms with van der Waals surface area (Å²) >= 11 is 0. The summed E-state index contributed by atoms with van der Waals surface area (Å²) in [6, 6.07) is 1.26. The van der Waals surface area contributed by atoms with Crippen LogP contribution in [0.15, 0.2) is 6.07 Å². The van der Waals surface area contributed by atoms with Gasteiger partial charge in [-0.2, -0.15) is 5.10 Å². The van der Waals surface area contributed by atoms with Gasteiger partial charge in [0.15, 0.2) is 9.84 Å². The Balaban J connectivity index is 1.80. The van der Waals surface area contributed by atoms with Crippen molar-refractivity contribution in [2.75, 3.05) is 18.1 Å². The second-order valence-electron chi connectivity index (χ2n) is 5.14. The summed E-state index contributed by atoms with van der Waals surface area (Å²) in [4.78, 5) is 23.5. The van der Waals surface area contributed by atoms with E-state index in [1.165, 1.54) is 0 Å². The lowest BCUT2D eigenvalue weighted by atomic mass is 10.2. The maximum atomic E-state index is 11.8. The van der Waals surface area contributed by atoms with Crippen molar-refractivity contribution in [3.05, 3.63) is 17.5 Å². The minimum Gasteiger partial charge on any atom is -0.351 e. The van der Waals surface area contributed by atoms with E-state index in [9.17, 15) is 18.0 Å². The highest BCUT2D eigenvalue weighted by molar-refractivity contribution is 7.91. The van der Waals surface area contributed by atoms with Crippen LogP contribution < -0.4 is 10.6 Å². The van der Waals surface area contributed by atoms with Crippen LogP contribution >= 0.6 is 0 Å². The highest BCUT2D eigenvalue weighted by Gasteiger charge is 2.28. The van der Waals surface area contributed by atoms with Crippen LogP contribution in [-0.2, 0) is 21.7 Å². The molecule has 2 N–H and O–H groups in total. The minimum absolute atomic E-state index is 0.0356. The fraction of sp³-hybridized carbons (Fsp3) is 0.583. The Labute approximate surface area is 122 Å². The van der Waals surface area contributed by atoms with Crippen molar-refractivity contribution in [3.8, 4) is 0 Å². The normalized spacial score (nSPS) is 20.2. The molecule has 1 saturated heterocycles. The SMILES string of the molecule is Cc1cc(C(=O)NCC(=O)NC2CCS(=O)(=O)C2)nn1C. The molecule has 116 valence electrons. The van der Waals surface area contributed by atoms with Gasteiger partial charge in [0, 0.05) is 18.8 Å². The minimum atomic E-state index is -3.03. The van der Waals surface area contributed by atoms with Crippen LogP contribution in [0.5, 0.6) is 0 Å². The van der Waals surface area contributed by atoms with E-state index in [1.807, 2.05) is 6.92 Å². The quantitative estimate of drug-likeness (QED) is 0.722. The third kappa shape index (κ3) is 4.03. The lowest BCUT2D eigenvalue weighted by molar-refractivity contribution is -0.120. The first-order valence-electron chi connectivity index (χ1n) is 6.55. The molecule has 0 bridgehead atoms. The van der Waals surface area contributed by atoms with E-state index in [-0.39, 0.29) is 29.8 Å². The Morgan fingerprint density at radius 2 is 2.19 bits per heavy atom. The molecule has 0 aliphatic carbocycles. The molecule has 0 spiro atoms. The molecule has 1 atom stereocenters. The van der Waals surface area contributed by atoms with E-state index >= 15 is 0 Å². The fourth-order valence-electron chi connectivity index (χ4n) is 2.11. The maximum absolute atomic E-state index is 11.8. The molecule has 2 rings (SSSR count). The second kappa shape index (κ2) is 5.84. The van der Waals surface area contributed by atoms with Crippen LogP contribution in [0, 0.1) is 6.92 Å². The highest BCUT2D eigenvalue weighted by atomic mass is 32.2. The molecule has 2 heterocycles. The smallest absolute Gasteiger partial charge is 0.272 e. The predicted octanol–water partition coefficient (Wildman–Crippen LogP) is -1.24. The van der Waals surface area contributed by atoms with Crippen LogP contribution in [0.1, 0.15) is 22.6 Å². The number of nitrogens with one attached hydrogen (secondary N) is 2. The lowest BCUT2D eigenvalue weighted by Gasteiger charge is -2.10. The van der Waals surface area contributed by atoms with E-state index in [0.29, 0.717) is 6.42 Å². The van der Waals surface area contributed by atoms with Crippen LogP contribution in [0.4, 0.5) is 0 Å². The summed E-state index contributed by atoms with van der Waals surface area (Å²) < 4.78 is 24.1. The number of aryl methyl sites for hydroxylation is 2. The van der Waals surface area contributed by atoms with E-state index in [1.54, 1.807) is 17.8 Å². The molecular formula is C12H18N4O4S. The molecule has 1 aromatic rings. The van der Waals surface area contributed by atoms with Crippen molar-refractivity contribution in [1.82, 2.24) is 20.4 Å². The van der Waals surface area contributed by atoms with Gasteiger partial charge in [-0.05, 0) is 19.4 Å². The van der Waals surface area contributed by atoms with Gasteiger partial charge in [0.25, 0.3) is 5.91 Å². The van der Waals surface area contributed by atoms with Gasteiger partial charge < -0.3 is 10.6 Å². The third-order valence-electron chi connectivity index (χ3n) is 3.35. The highest BCUT2D eigenvalue weighted by Crippen LogP contribution is 2.10. The Kier molecular flexibility index (Phi) is 4.31. The summed E-state index contributed by atoms with van der Waals surface area (Å²) in [5.41, 5.74) is 1.08. The molecule has 1 aromatic heterocycles. The number of hydrogen-bond donors (Lipinski definition) is 2. The monoisotopic (exact) mass is 314 g/mol. The topological polar surface area (TPSA) is 110 Å². The van der Waals surface area contributed by atoms with E-state index in [2.05, 4.69) is 15.7 Å². The van der Waals surface area contributed by atoms with E-state index in [4.69, 9.17) is 0 Å². The van der Waals surface area contributed by atoms with Crippen molar-refractivity contribution in [2.24, 2.45) is 7.05 Å². The first kappa shape index (κ1) is 15.5. The lowest BCUT2D eigenvalue weighted by Crippen LogP contribution is -2.42. The van der Waals surface area contributed by atoms with Crippen molar-refractivity contribution < 1.29 is 18.0 Å². The Bertz CT molecular complexity index is 645. The van der Waals surface area contributed by atoms with Gasteiger partial charge >= 0.3 is 0 Å². The zero-order chi connectivity index (χ0) is 15.6. The molecule has 0 radical (unpaired) electrons. The van der Waals surface area contributed by atoms with Crippen LogP contribution in [0.25, 0.3) is 0 Å². The molecule has 1 unspecified atom stereocenters. The van der Waals surface area contributed by atoms with E-state index in [0.717, 1.165) is 5.69 Å². The summed E-state index contributed by atoms with van der Waals surface area (Å²) in [7, 11) is -1.31.